The molecule has 0 rings (SSSR count). The van der Waals surface area contributed by atoms with Crippen molar-refractivity contribution in [3.8, 4) is 0 Å². The second kappa shape index (κ2) is 8.86. The zero-order valence-corrected chi connectivity index (χ0v) is 12.0. The number of aliphatic hydroxyl groups excluding tert-OH is 1. The molecule has 0 heterocycles. The Labute approximate surface area is 106 Å². The summed E-state index contributed by atoms with van der Waals surface area (Å²) in [6, 6.07) is 0. The van der Waals surface area contributed by atoms with Crippen molar-refractivity contribution in [2.45, 2.75) is 59.2 Å². The summed E-state index contributed by atoms with van der Waals surface area (Å²) >= 11 is 0. The summed E-state index contributed by atoms with van der Waals surface area (Å²) in [5, 5.41) is 9.59. The van der Waals surface area contributed by atoms with E-state index in [-0.39, 0.29) is 5.60 Å². The van der Waals surface area contributed by atoms with Gasteiger partial charge in [0.05, 0.1) is 18.3 Å². The Kier molecular flexibility index (Phi) is 8.78. The van der Waals surface area contributed by atoms with Crippen molar-refractivity contribution in [2.75, 3.05) is 19.8 Å². The van der Waals surface area contributed by atoms with Gasteiger partial charge in [0.1, 0.15) is 0 Å². The molecule has 4 nitrogen and oxygen atoms in total. The lowest BCUT2D eigenvalue weighted by molar-refractivity contribution is -0.0894. The van der Waals surface area contributed by atoms with E-state index in [0.29, 0.717) is 19.1 Å². The van der Waals surface area contributed by atoms with Gasteiger partial charge in [0, 0.05) is 13.2 Å². The Hall–Kier alpha value is -0.160. The number of hydrogen-bond acceptors (Lipinski definition) is 4. The Morgan fingerprint density at radius 3 is 2.41 bits per heavy atom. The van der Waals surface area contributed by atoms with Gasteiger partial charge in [-0.25, -0.2) is 0 Å². The van der Waals surface area contributed by atoms with Crippen LogP contribution in [0.25, 0.3) is 0 Å². The van der Waals surface area contributed by atoms with Crippen molar-refractivity contribution in [3.05, 3.63) is 0 Å². The number of nitrogens with one attached hydrogen (secondary N) is 1. The van der Waals surface area contributed by atoms with E-state index in [1.54, 1.807) is 0 Å². The summed E-state index contributed by atoms with van der Waals surface area (Å²) < 4.78 is 5.38. The van der Waals surface area contributed by atoms with E-state index in [2.05, 4.69) is 19.3 Å². The van der Waals surface area contributed by atoms with Crippen LogP contribution >= 0.6 is 0 Å². The van der Waals surface area contributed by atoms with Gasteiger partial charge in [-0.15, -0.1) is 0 Å². The molecule has 0 aliphatic rings. The van der Waals surface area contributed by atoms with Crippen LogP contribution in [0.3, 0.4) is 0 Å². The SMILES string of the molecule is CC(C)CCCOCC(O)CNOC(C)(C)C. The molecule has 0 fully saturated rings. The van der Waals surface area contributed by atoms with Crippen LogP contribution in [0.4, 0.5) is 0 Å². The van der Waals surface area contributed by atoms with Crippen LogP contribution in [-0.2, 0) is 9.57 Å². The summed E-state index contributed by atoms with van der Waals surface area (Å²) in [6.45, 7) is 11.7. The second-order valence-electron chi connectivity index (χ2n) is 5.83. The summed E-state index contributed by atoms with van der Waals surface area (Å²) in [4.78, 5) is 5.29. The minimum Gasteiger partial charge on any atom is -0.389 e. The molecular weight excluding hydrogens is 218 g/mol. The van der Waals surface area contributed by atoms with Crippen LogP contribution in [0.1, 0.15) is 47.5 Å². The molecule has 2 N–H and O–H groups in total. The molecule has 0 saturated heterocycles. The number of hydrogen-bond donors (Lipinski definition) is 2. The third kappa shape index (κ3) is 13.8. The standard InChI is InChI=1S/C13H29NO3/c1-11(2)7-6-8-16-10-12(15)9-14-17-13(3,4)5/h11-12,14-15H,6-10H2,1-5H3. The second-order valence-corrected chi connectivity index (χ2v) is 5.83. The molecule has 0 saturated carbocycles. The quantitative estimate of drug-likeness (QED) is 0.484. The molecule has 0 bridgehead atoms. The first-order chi connectivity index (χ1) is 7.81. The maximum absolute atomic E-state index is 9.59. The number of hydroxylamine groups is 1. The smallest absolute Gasteiger partial charge is 0.0920 e. The highest BCUT2D eigenvalue weighted by atomic mass is 16.7. The molecule has 0 amide bonds. The molecule has 0 aliphatic carbocycles. The van der Waals surface area contributed by atoms with Crippen molar-refractivity contribution in [3.63, 3.8) is 0 Å². The molecule has 104 valence electrons. The fourth-order valence-electron chi connectivity index (χ4n) is 1.23. The molecule has 0 aromatic carbocycles. The van der Waals surface area contributed by atoms with Crippen molar-refractivity contribution in [2.24, 2.45) is 5.92 Å². The maximum Gasteiger partial charge on any atom is 0.0920 e. The number of aliphatic hydroxyl groups is 1. The largest absolute Gasteiger partial charge is 0.389 e. The maximum atomic E-state index is 9.59. The Morgan fingerprint density at radius 1 is 1.24 bits per heavy atom. The topological polar surface area (TPSA) is 50.7 Å². The van der Waals surface area contributed by atoms with Gasteiger partial charge >= 0.3 is 0 Å². The number of rotatable bonds is 9. The van der Waals surface area contributed by atoms with Gasteiger partial charge in [0.15, 0.2) is 0 Å². The fourth-order valence-corrected chi connectivity index (χ4v) is 1.23. The van der Waals surface area contributed by atoms with Crippen molar-refractivity contribution < 1.29 is 14.7 Å². The average molecular weight is 247 g/mol. The van der Waals surface area contributed by atoms with Crippen LogP contribution in [0, 0.1) is 5.92 Å². The van der Waals surface area contributed by atoms with E-state index >= 15 is 0 Å². The minimum absolute atomic E-state index is 0.238. The Balaban J connectivity index is 3.32. The van der Waals surface area contributed by atoms with Crippen molar-refractivity contribution in [1.82, 2.24) is 5.48 Å². The molecule has 0 spiro atoms. The molecule has 1 unspecified atom stereocenters. The summed E-state index contributed by atoms with van der Waals surface area (Å²) in [6.07, 6.45) is 1.70. The first-order valence-electron chi connectivity index (χ1n) is 6.48. The minimum atomic E-state index is -0.517. The van der Waals surface area contributed by atoms with E-state index in [0.717, 1.165) is 13.0 Å². The molecular formula is C13H29NO3. The summed E-state index contributed by atoms with van der Waals surface area (Å²) in [5.41, 5.74) is 2.52. The van der Waals surface area contributed by atoms with Gasteiger partial charge in [-0.05, 0) is 39.5 Å². The molecule has 4 heteroatoms. The van der Waals surface area contributed by atoms with Gasteiger partial charge in [0.2, 0.25) is 0 Å². The lowest BCUT2D eigenvalue weighted by Gasteiger charge is -2.20. The molecule has 0 aliphatic heterocycles. The highest BCUT2D eigenvalue weighted by Crippen LogP contribution is 2.04. The predicted molar refractivity (Wildman–Crippen MR) is 69.7 cm³/mol. The Morgan fingerprint density at radius 2 is 1.88 bits per heavy atom. The molecule has 17 heavy (non-hydrogen) atoms. The van der Waals surface area contributed by atoms with Crippen LogP contribution in [-0.4, -0.2) is 36.6 Å². The normalized spacial score (nSPS) is 14.3. The third-order valence-corrected chi connectivity index (χ3v) is 2.08. The van der Waals surface area contributed by atoms with Crippen LogP contribution in [0.5, 0.6) is 0 Å². The van der Waals surface area contributed by atoms with E-state index in [1.807, 2.05) is 20.8 Å². The lowest BCUT2D eigenvalue weighted by atomic mass is 10.1. The van der Waals surface area contributed by atoms with Crippen LogP contribution < -0.4 is 5.48 Å². The van der Waals surface area contributed by atoms with E-state index in [1.165, 1.54) is 6.42 Å². The Bertz CT molecular complexity index is 178. The first kappa shape index (κ1) is 16.8. The van der Waals surface area contributed by atoms with Crippen LogP contribution in [0.15, 0.2) is 0 Å². The van der Waals surface area contributed by atoms with E-state index in [4.69, 9.17) is 9.57 Å². The van der Waals surface area contributed by atoms with Crippen molar-refractivity contribution >= 4 is 0 Å². The van der Waals surface area contributed by atoms with Crippen LogP contribution in [0.2, 0.25) is 0 Å². The molecule has 0 aromatic heterocycles. The average Bonchev–Trinajstić information content (AvgIpc) is 2.14. The number of ether oxygens (including phenoxy) is 1. The summed E-state index contributed by atoms with van der Waals surface area (Å²) in [7, 11) is 0. The first-order valence-corrected chi connectivity index (χ1v) is 6.48. The highest BCUT2D eigenvalue weighted by molar-refractivity contribution is 4.59. The molecule has 1 atom stereocenters. The van der Waals surface area contributed by atoms with Gasteiger partial charge < -0.3 is 9.84 Å². The zero-order valence-electron chi connectivity index (χ0n) is 12.0. The van der Waals surface area contributed by atoms with Gasteiger partial charge in [-0.2, -0.15) is 5.48 Å². The van der Waals surface area contributed by atoms with Gasteiger partial charge in [0.25, 0.3) is 0 Å². The van der Waals surface area contributed by atoms with E-state index < -0.39 is 6.10 Å². The fraction of sp³-hybridized carbons (Fsp3) is 1.00. The van der Waals surface area contributed by atoms with E-state index in [9.17, 15) is 5.11 Å². The predicted octanol–water partition coefficient (Wildman–Crippen LogP) is 2.12. The molecule has 0 aromatic rings. The van der Waals surface area contributed by atoms with Crippen molar-refractivity contribution in [1.29, 1.82) is 0 Å². The third-order valence-electron chi connectivity index (χ3n) is 2.08. The zero-order chi connectivity index (χ0) is 13.3. The lowest BCUT2D eigenvalue weighted by Crippen LogP contribution is -2.36. The highest BCUT2D eigenvalue weighted by Gasteiger charge is 2.11. The van der Waals surface area contributed by atoms with Gasteiger partial charge in [-0.1, -0.05) is 13.8 Å². The molecule has 0 radical (unpaired) electrons. The monoisotopic (exact) mass is 247 g/mol. The summed E-state index contributed by atoms with van der Waals surface area (Å²) in [5.74, 6) is 0.713. The van der Waals surface area contributed by atoms with Gasteiger partial charge in [-0.3, -0.25) is 4.84 Å².